The molecule has 1 atom stereocenters. The fourth-order valence-electron chi connectivity index (χ4n) is 1.29. The van der Waals surface area contributed by atoms with Crippen LogP contribution >= 0.6 is 0 Å². The maximum Gasteiger partial charge on any atom is 0.0960 e. The van der Waals surface area contributed by atoms with Gasteiger partial charge in [0, 0.05) is 12.6 Å². The largest absolute Gasteiger partial charge is 0.387 e. The second-order valence-electron chi connectivity index (χ2n) is 3.37. The van der Waals surface area contributed by atoms with Crippen LogP contribution in [-0.4, -0.2) is 10.1 Å². The van der Waals surface area contributed by atoms with Crippen LogP contribution in [0.5, 0.6) is 0 Å². The smallest absolute Gasteiger partial charge is 0.0960 e. The third-order valence-electron chi connectivity index (χ3n) is 2.08. The Balaban J connectivity index is 2.52. The summed E-state index contributed by atoms with van der Waals surface area (Å²) in [7, 11) is 0. The van der Waals surface area contributed by atoms with Crippen LogP contribution in [0.2, 0.25) is 0 Å². The molecule has 0 bridgehead atoms. The van der Waals surface area contributed by atoms with Gasteiger partial charge in [-0.2, -0.15) is 0 Å². The van der Waals surface area contributed by atoms with Gasteiger partial charge in [-0.1, -0.05) is 0 Å². The normalized spacial score (nSPS) is 12.1. The first-order chi connectivity index (χ1) is 6.74. The molecule has 0 aliphatic carbocycles. The van der Waals surface area contributed by atoms with E-state index in [-0.39, 0.29) is 0 Å². The highest BCUT2D eigenvalue weighted by atomic mass is 16.3. The first-order valence-corrected chi connectivity index (χ1v) is 4.78. The molecule has 0 saturated heterocycles. The van der Waals surface area contributed by atoms with E-state index in [2.05, 4.69) is 10.9 Å². The van der Waals surface area contributed by atoms with Crippen LogP contribution in [0.3, 0.4) is 0 Å². The number of hydrogen-bond donors (Lipinski definition) is 1. The lowest BCUT2D eigenvalue weighted by molar-refractivity contribution is 0.160. The quantitative estimate of drug-likeness (QED) is 0.582. The molecule has 1 rings (SSSR count). The number of aliphatic hydroxyl groups excluding tert-OH is 1. The summed E-state index contributed by atoms with van der Waals surface area (Å²) in [6.07, 6.45) is 8.60. The van der Waals surface area contributed by atoms with E-state index >= 15 is 0 Å². The molecule has 1 aromatic heterocycles. The van der Waals surface area contributed by atoms with Crippen molar-refractivity contribution in [1.29, 1.82) is 0 Å². The van der Waals surface area contributed by atoms with E-state index in [9.17, 15) is 5.11 Å². The predicted molar refractivity (Wildman–Crippen MR) is 56.6 cm³/mol. The van der Waals surface area contributed by atoms with Crippen LogP contribution in [0.15, 0.2) is 18.3 Å². The zero-order chi connectivity index (χ0) is 10.4. The van der Waals surface area contributed by atoms with Gasteiger partial charge < -0.3 is 5.11 Å². The summed E-state index contributed by atoms with van der Waals surface area (Å²) >= 11 is 0. The van der Waals surface area contributed by atoms with E-state index < -0.39 is 6.10 Å². The van der Waals surface area contributed by atoms with Gasteiger partial charge in [0.25, 0.3) is 0 Å². The van der Waals surface area contributed by atoms with Gasteiger partial charge in [-0.15, -0.1) is 12.3 Å². The number of aromatic nitrogens is 1. The highest BCUT2D eigenvalue weighted by Gasteiger charge is 2.07. The molecule has 14 heavy (non-hydrogen) atoms. The summed E-state index contributed by atoms with van der Waals surface area (Å²) in [6.45, 7) is 1.99. The fourth-order valence-corrected chi connectivity index (χ4v) is 1.29. The zero-order valence-electron chi connectivity index (χ0n) is 8.40. The molecule has 0 spiro atoms. The van der Waals surface area contributed by atoms with Gasteiger partial charge in [0.1, 0.15) is 0 Å². The monoisotopic (exact) mass is 189 g/mol. The third-order valence-corrected chi connectivity index (χ3v) is 2.08. The zero-order valence-corrected chi connectivity index (χ0v) is 8.40. The lowest BCUT2D eigenvalue weighted by atomic mass is 10.1. The van der Waals surface area contributed by atoms with Crippen molar-refractivity contribution >= 4 is 0 Å². The van der Waals surface area contributed by atoms with Crippen molar-refractivity contribution in [3.8, 4) is 12.3 Å². The Morgan fingerprint density at radius 1 is 1.64 bits per heavy atom. The number of hydrogen-bond acceptors (Lipinski definition) is 2. The molecule has 0 aliphatic rings. The highest BCUT2D eigenvalue weighted by molar-refractivity contribution is 5.16. The Morgan fingerprint density at radius 2 is 2.43 bits per heavy atom. The van der Waals surface area contributed by atoms with Gasteiger partial charge in [-0.25, -0.2) is 0 Å². The molecule has 1 N–H and O–H groups in total. The van der Waals surface area contributed by atoms with E-state index in [0.717, 1.165) is 17.7 Å². The average Bonchev–Trinajstić information content (AvgIpc) is 2.18. The van der Waals surface area contributed by atoms with Crippen molar-refractivity contribution in [3.63, 3.8) is 0 Å². The Labute approximate surface area is 85.0 Å². The topological polar surface area (TPSA) is 33.1 Å². The minimum Gasteiger partial charge on any atom is -0.387 e. The lowest BCUT2D eigenvalue weighted by Crippen LogP contribution is -2.00. The molecule has 0 saturated carbocycles. The fraction of sp³-hybridized carbons (Fsp3) is 0.417. The summed E-state index contributed by atoms with van der Waals surface area (Å²) in [5.41, 5.74) is 1.85. The van der Waals surface area contributed by atoms with Crippen molar-refractivity contribution in [1.82, 2.24) is 4.98 Å². The molecular formula is C12H15NO. The Hall–Kier alpha value is -1.33. The minimum atomic E-state index is -0.483. The molecule has 0 radical (unpaired) electrons. The maximum absolute atomic E-state index is 9.74. The molecule has 2 nitrogen and oxygen atoms in total. The Morgan fingerprint density at radius 3 is 3.07 bits per heavy atom. The van der Waals surface area contributed by atoms with Crippen LogP contribution in [0, 0.1) is 19.3 Å². The van der Waals surface area contributed by atoms with Gasteiger partial charge >= 0.3 is 0 Å². The molecule has 1 unspecified atom stereocenters. The van der Waals surface area contributed by atoms with Gasteiger partial charge in [-0.05, 0) is 37.5 Å². The van der Waals surface area contributed by atoms with Gasteiger partial charge in [-0.3, -0.25) is 4.98 Å². The summed E-state index contributed by atoms with van der Waals surface area (Å²) in [6, 6.07) is 3.82. The standard InChI is InChI=1S/C12H15NO/c1-3-4-5-6-12(14)11-9-10(2)7-8-13-11/h1,7-9,12,14H,4-6H2,2H3. The number of pyridine rings is 1. The molecule has 0 fully saturated rings. The van der Waals surface area contributed by atoms with E-state index in [1.165, 1.54) is 0 Å². The van der Waals surface area contributed by atoms with Crippen LogP contribution < -0.4 is 0 Å². The second kappa shape index (κ2) is 5.41. The predicted octanol–water partition coefficient (Wildman–Crippen LogP) is 2.23. The number of rotatable bonds is 4. The van der Waals surface area contributed by atoms with E-state index in [0.29, 0.717) is 12.8 Å². The SMILES string of the molecule is C#CCCCC(O)c1cc(C)ccn1. The van der Waals surface area contributed by atoms with Crippen LogP contribution in [0.4, 0.5) is 0 Å². The summed E-state index contributed by atoms with van der Waals surface area (Å²) in [4.78, 5) is 4.12. The number of terminal acetylenes is 1. The van der Waals surface area contributed by atoms with E-state index in [1.807, 2.05) is 19.1 Å². The molecule has 2 heteroatoms. The van der Waals surface area contributed by atoms with Gasteiger partial charge in [0.2, 0.25) is 0 Å². The van der Waals surface area contributed by atoms with Crippen molar-refractivity contribution < 1.29 is 5.11 Å². The average molecular weight is 189 g/mol. The molecule has 0 aromatic carbocycles. The third kappa shape index (κ3) is 3.20. The second-order valence-corrected chi connectivity index (χ2v) is 3.37. The Bertz CT molecular complexity index is 327. The molecular weight excluding hydrogens is 174 g/mol. The first kappa shape index (κ1) is 10.7. The van der Waals surface area contributed by atoms with Gasteiger partial charge in [0.05, 0.1) is 11.8 Å². The van der Waals surface area contributed by atoms with Crippen LogP contribution in [-0.2, 0) is 0 Å². The van der Waals surface area contributed by atoms with Crippen molar-refractivity contribution in [3.05, 3.63) is 29.6 Å². The molecule has 74 valence electrons. The number of aliphatic hydroxyl groups is 1. The lowest BCUT2D eigenvalue weighted by Gasteiger charge is -2.09. The Kier molecular flexibility index (Phi) is 4.15. The summed E-state index contributed by atoms with van der Waals surface area (Å²) in [5.74, 6) is 2.55. The highest BCUT2D eigenvalue weighted by Crippen LogP contribution is 2.17. The summed E-state index contributed by atoms with van der Waals surface area (Å²) in [5, 5.41) is 9.74. The number of unbranched alkanes of at least 4 members (excludes halogenated alkanes) is 1. The number of aryl methyl sites for hydroxylation is 1. The number of nitrogens with zero attached hydrogens (tertiary/aromatic N) is 1. The maximum atomic E-state index is 9.74. The van der Waals surface area contributed by atoms with Crippen molar-refractivity contribution in [2.45, 2.75) is 32.3 Å². The van der Waals surface area contributed by atoms with Crippen molar-refractivity contribution in [2.24, 2.45) is 0 Å². The van der Waals surface area contributed by atoms with E-state index in [4.69, 9.17) is 6.42 Å². The van der Waals surface area contributed by atoms with Gasteiger partial charge in [0.15, 0.2) is 0 Å². The summed E-state index contributed by atoms with van der Waals surface area (Å²) < 4.78 is 0. The first-order valence-electron chi connectivity index (χ1n) is 4.78. The molecule has 1 aromatic rings. The molecule has 0 aliphatic heterocycles. The van der Waals surface area contributed by atoms with E-state index in [1.54, 1.807) is 6.20 Å². The molecule has 1 heterocycles. The minimum absolute atomic E-state index is 0.483. The van der Waals surface area contributed by atoms with Crippen molar-refractivity contribution in [2.75, 3.05) is 0 Å². The molecule has 0 amide bonds. The van der Waals surface area contributed by atoms with Crippen LogP contribution in [0.1, 0.15) is 36.6 Å². The van der Waals surface area contributed by atoms with Crippen LogP contribution in [0.25, 0.3) is 0 Å².